The van der Waals surface area contributed by atoms with Gasteiger partial charge < -0.3 is 36.9 Å². The number of benzene rings is 2. The summed E-state index contributed by atoms with van der Waals surface area (Å²) in [6.07, 6.45) is 5.69. The van der Waals surface area contributed by atoms with Crippen molar-refractivity contribution in [3.63, 3.8) is 0 Å². The maximum atomic E-state index is 13.7. The number of hydrogen-bond donors (Lipinski definition) is 6. The van der Waals surface area contributed by atoms with E-state index in [-0.39, 0.29) is 6.42 Å². The van der Waals surface area contributed by atoms with Gasteiger partial charge >= 0.3 is 0 Å². The first-order chi connectivity index (χ1) is 18.6. The van der Waals surface area contributed by atoms with E-state index in [1.54, 1.807) is 13.8 Å². The second-order valence-electron chi connectivity index (χ2n) is 9.98. The lowest BCUT2D eigenvalue weighted by atomic mass is 10.0. The molecule has 4 rings (SSSR count). The number of rotatable bonds is 12. The number of aromatic amines is 2. The number of nitrogens with one attached hydrogen (secondary N) is 4. The third kappa shape index (κ3) is 7.02. The van der Waals surface area contributed by atoms with E-state index >= 15 is 0 Å². The molecule has 4 aromatic rings. The zero-order valence-corrected chi connectivity index (χ0v) is 21.9. The van der Waals surface area contributed by atoms with Gasteiger partial charge in [-0.3, -0.25) is 14.4 Å². The highest BCUT2D eigenvalue weighted by Gasteiger charge is 2.30. The molecular weight excluding hydrogens is 498 g/mol. The van der Waals surface area contributed by atoms with E-state index in [1.165, 1.54) is 6.21 Å². The van der Waals surface area contributed by atoms with E-state index in [4.69, 9.17) is 16.3 Å². The Hall–Kier alpha value is -4.64. The number of H-pyrrole nitrogens is 2. The van der Waals surface area contributed by atoms with Crippen LogP contribution in [0, 0.1) is 0 Å². The fourth-order valence-electron chi connectivity index (χ4n) is 4.25. The van der Waals surface area contributed by atoms with Gasteiger partial charge in [-0.25, -0.2) is 0 Å². The summed E-state index contributed by atoms with van der Waals surface area (Å²) in [5.41, 5.74) is 13.6. The van der Waals surface area contributed by atoms with Crippen molar-refractivity contribution in [2.24, 2.45) is 16.6 Å². The van der Waals surface area contributed by atoms with E-state index in [1.807, 2.05) is 60.9 Å². The fourth-order valence-corrected chi connectivity index (χ4v) is 4.25. The summed E-state index contributed by atoms with van der Waals surface area (Å²) in [4.78, 5) is 48.9. The normalized spacial score (nSPS) is 13.4. The molecule has 204 valence electrons. The van der Waals surface area contributed by atoms with Crippen molar-refractivity contribution in [2.45, 2.75) is 44.3 Å². The number of amides is 3. The Morgan fingerprint density at radius 1 is 0.949 bits per heavy atom. The third-order valence-electron chi connectivity index (χ3n) is 6.27. The topological polar surface area (TPSA) is 180 Å². The minimum atomic E-state index is -1.19. The number of oxime groups is 1. The van der Waals surface area contributed by atoms with E-state index in [0.29, 0.717) is 6.42 Å². The van der Waals surface area contributed by atoms with Crippen molar-refractivity contribution < 1.29 is 19.2 Å². The minimum Gasteiger partial charge on any atom is -0.386 e. The average Bonchev–Trinajstić information content (AvgIpc) is 3.49. The molecule has 0 aliphatic carbocycles. The molecule has 2 aromatic heterocycles. The predicted molar refractivity (Wildman–Crippen MR) is 150 cm³/mol. The van der Waals surface area contributed by atoms with Crippen molar-refractivity contribution in [2.75, 3.05) is 6.61 Å². The Bertz CT molecular complexity index is 1500. The van der Waals surface area contributed by atoms with Crippen LogP contribution in [0.3, 0.4) is 0 Å². The number of carbonyl (C=O) groups excluding carboxylic acids is 3. The molecule has 0 aliphatic rings. The SMILES string of the molecule is CC(C)(N)C(=O)N[C@H](Cc1c[nH]c2ccccc12)C(=O)N[C@@H](/C=N/OCC(N)=O)Cc1c[nH]c2ccccc12. The van der Waals surface area contributed by atoms with Crippen LogP contribution < -0.4 is 22.1 Å². The van der Waals surface area contributed by atoms with Crippen LogP contribution in [0.5, 0.6) is 0 Å². The summed E-state index contributed by atoms with van der Waals surface area (Å²) in [6.45, 7) is 2.76. The molecule has 2 heterocycles. The van der Waals surface area contributed by atoms with Crippen LogP contribution in [-0.2, 0) is 32.1 Å². The number of carbonyl (C=O) groups is 3. The van der Waals surface area contributed by atoms with Gasteiger partial charge in [-0.2, -0.15) is 0 Å². The molecule has 39 heavy (non-hydrogen) atoms. The molecule has 0 bridgehead atoms. The third-order valence-corrected chi connectivity index (χ3v) is 6.27. The molecule has 0 spiro atoms. The highest BCUT2D eigenvalue weighted by molar-refractivity contribution is 5.93. The molecule has 0 saturated heterocycles. The van der Waals surface area contributed by atoms with Crippen molar-refractivity contribution in [1.29, 1.82) is 0 Å². The number of para-hydroxylation sites is 2. The van der Waals surface area contributed by atoms with Gasteiger partial charge in [-0.1, -0.05) is 41.6 Å². The van der Waals surface area contributed by atoms with Gasteiger partial charge in [-0.05, 0) is 43.5 Å². The van der Waals surface area contributed by atoms with Crippen LogP contribution >= 0.6 is 0 Å². The van der Waals surface area contributed by atoms with Crippen molar-refractivity contribution in [3.05, 3.63) is 72.1 Å². The fraction of sp³-hybridized carbons (Fsp3) is 0.286. The highest BCUT2D eigenvalue weighted by atomic mass is 16.6. The average molecular weight is 532 g/mol. The minimum absolute atomic E-state index is 0.229. The molecule has 0 saturated carbocycles. The van der Waals surface area contributed by atoms with Crippen LogP contribution in [0.2, 0.25) is 0 Å². The summed E-state index contributed by atoms with van der Waals surface area (Å²) in [7, 11) is 0. The van der Waals surface area contributed by atoms with E-state index < -0.39 is 42.0 Å². The van der Waals surface area contributed by atoms with Crippen molar-refractivity contribution in [1.82, 2.24) is 20.6 Å². The van der Waals surface area contributed by atoms with Crippen LogP contribution in [0.15, 0.2) is 66.1 Å². The lowest BCUT2D eigenvalue weighted by Gasteiger charge is -2.25. The quantitative estimate of drug-likeness (QED) is 0.120. The zero-order chi connectivity index (χ0) is 28.0. The van der Waals surface area contributed by atoms with Crippen molar-refractivity contribution in [3.8, 4) is 0 Å². The van der Waals surface area contributed by atoms with Gasteiger partial charge in [0, 0.05) is 40.6 Å². The Morgan fingerprint density at radius 2 is 1.51 bits per heavy atom. The molecule has 8 N–H and O–H groups in total. The molecule has 3 amide bonds. The first kappa shape index (κ1) is 27.4. The summed E-state index contributed by atoms with van der Waals surface area (Å²) in [5.74, 6) is -1.56. The molecule has 11 nitrogen and oxygen atoms in total. The molecular formula is C28H33N7O4. The second-order valence-corrected chi connectivity index (χ2v) is 9.98. The smallest absolute Gasteiger partial charge is 0.258 e. The first-order valence-corrected chi connectivity index (χ1v) is 12.6. The Labute approximate surface area is 225 Å². The monoisotopic (exact) mass is 531 g/mol. The largest absolute Gasteiger partial charge is 0.386 e. The molecule has 2 aromatic carbocycles. The van der Waals surface area contributed by atoms with Crippen LogP contribution in [0.4, 0.5) is 0 Å². The van der Waals surface area contributed by atoms with E-state index in [9.17, 15) is 14.4 Å². The number of nitrogens with zero attached hydrogens (tertiary/aromatic N) is 1. The standard InChI is InChI=1S/C28H33N7O4/c1-28(2,30)27(38)35-24(12-18-14-32-23-10-6-4-8-21(18)23)26(37)34-19(15-33-39-16-25(29)36)11-17-13-31-22-9-5-3-7-20(17)22/h3-10,13-15,19,24,31-32H,11-12,16,30H2,1-2H3,(H2,29,36)(H,34,37)(H,35,38)/b33-15+/t19-,24-/m1/s1. The maximum absolute atomic E-state index is 13.7. The number of primary amides is 1. The van der Waals surface area contributed by atoms with Gasteiger partial charge in [0.2, 0.25) is 11.8 Å². The van der Waals surface area contributed by atoms with Gasteiger partial charge in [0.15, 0.2) is 6.61 Å². The number of hydrogen-bond acceptors (Lipinski definition) is 6. The van der Waals surface area contributed by atoms with Crippen LogP contribution in [0.25, 0.3) is 21.8 Å². The molecule has 0 aliphatic heterocycles. The van der Waals surface area contributed by atoms with Crippen LogP contribution in [-0.4, -0.2) is 58.1 Å². The summed E-state index contributed by atoms with van der Waals surface area (Å²) in [6, 6.07) is 14.0. The van der Waals surface area contributed by atoms with Gasteiger partial charge in [0.05, 0.1) is 17.8 Å². The first-order valence-electron chi connectivity index (χ1n) is 12.6. The molecule has 0 unspecified atom stereocenters. The summed E-state index contributed by atoms with van der Waals surface area (Å²) in [5, 5.41) is 11.6. The van der Waals surface area contributed by atoms with E-state index in [2.05, 4.69) is 25.8 Å². The van der Waals surface area contributed by atoms with Gasteiger partial charge in [0.25, 0.3) is 5.91 Å². The van der Waals surface area contributed by atoms with Gasteiger partial charge in [-0.15, -0.1) is 0 Å². The lowest BCUT2D eigenvalue weighted by molar-refractivity contribution is -0.131. The van der Waals surface area contributed by atoms with E-state index in [0.717, 1.165) is 32.9 Å². The summed E-state index contributed by atoms with van der Waals surface area (Å²) < 4.78 is 0. The molecule has 0 fully saturated rings. The highest BCUT2D eigenvalue weighted by Crippen LogP contribution is 2.21. The molecule has 2 atom stereocenters. The lowest BCUT2D eigenvalue weighted by Crippen LogP contribution is -2.57. The van der Waals surface area contributed by atoms with Gasteiger partial charge in [0.1, 0.15) is 6.04 Å². The number of fused-ring (bicyclic) bond motifs is 2. The zero-order valence-electron chi connectivity index (χ0n) is 21.9. The van der Waals surface area contributed by atoms with Crippen molar-refractivity contribution >= 4 is 45.7 Å². The molecule has 11 heteroatoms. The Morgan fingerprint density at radius 3 is 2.08 bits per heavy atom. The predicted octanol–water partition coefficient (Wildman–Crippen LogP) is 1.63. The summed E-state index contributed by atoms with van der Waals surface area (Å²) >= 11 is 0. The Balaban J connectivity index is 1.59. The number of aromatic nitrogens is 2. The Kier molecular flexibility index (Phi) is 8.30. The second kappa shape index (κ2) is 11.8. The number of nitrogens with two attached hydrogens (primary N) is 2. The molecule has 0 radical (unpaired) electrons. The maximum Gasteiger partial charge on any atom is 0.258 e. The van der Waals surface area contributed by atoms with Crippen LogP contribution in [0.1, 0.15) is 25.0 Å².